The maximum Gasteiger partial charge on any atom is 0.309 e. The van der Waals surface area contributed by atoms with E-state index in [1.54, 1.807) is 24.4 Å². The molecular formula is C33H37Cl2FN4O4. The number of pyridine rings is 1. The number of rotatable bonds is 4. The number of hydrogen-bond donors (Lipinski definition) is 3. The first-order chi connectivity index (χ1) is 21.1. The molecule has 3 saturated carbocycles. The lowest BCUT2D eigenvalue weighted by atomic mass is 9.55. The molecular weight excluding hydrogens is 606 g/mol. The molecule has 2 aliphatic heterocycles. The van der Waals surface area contributed by atoms with Crippen LogP contribution >= 0.6 is 23.2 Å². The Kier molecular flexibility index (Phi) is 7.26. The van der Waals surface area contributed by atoms with Crippen LogP contribution in [0.3, 0.4) is 0 Å². The molecule has 7 rings (SSSR count). The van der Waals surface area contributed by atoms with Gasteiger partial charge in [-0.1, -0.05) is 61.0 Å². The number of nitrogens with zero attached hydrogens (tertiary/aromatic N) is 2. The average Bonchev–Trinajstić information content (AvgIpc) is 3.41. The molecule has 5 aliphatic rings. The summed E-state index contributed by atoms with van der Waals surface area (Å²) in [7, 11) is 1.89. The van der Waals surface area contributed by atoms with Gasteiger partial charge in [-0.3, -0.25) is 19.3 Å². The second-order valence-corrected chi connectivity index (χ2v) is 14.5. The number of nitrogens with one attached hydrogen (secondary N) is 2. The maximum absolute atomic E-state index is 16.2. The van der Waals surface area contributed by atoms with E-state index >= 15 is 4.39 Å². The van der Waals surface area contributed by atoms with Gasteiger partial charge in [0, 0.05) is 34.9 Å². The highest BCUT2D eigenvalue weighted by Crippen LogP contribution is 2.66. The molecule has 6 atom stereocenters. The minimum Gasteiger partial charge on any atom is -0.481 e. The van der Waals surface area contributed by atoms with Gasteiger partial charge < -0.3 is 15.7 Å². The zero-order valence-electron chi connectivity index (χ0n) is 24.7. The van der Waals surface area contributed by atoms with Crippen molar-refractivity contribution in [3.8, 4) is 0 Å². The molecule has 1 aromatic carbocycles. The van der Waals surface area contributed by atoms with E-state index in [2.05, 4.69) is 15.6 Å². The van der Waals surface area contributed by atoms with Crippen LogP contribution in [-0.4, -0.2) is 57.4 Å². The van der Waals surface area contributed by atoms with E-state index in [1.165, 1.54) is 6.07 Å². The highest BCUT2D eigenvalue weighted by molar-refractivity contribution is 6.31. The van der Waals surface area contributed by atoms with Crippen LogP contribution in [0, 0.1) is 17.2 Å². The van der Waals surface area contributed by atoms with Gasteiger partial charge in [-0.25, -0.2) is 9.37 Å². The molecule has 0 radical (unpaired) electrons. The van der Waals surface area contributed by atoms with Crippen molar-refractivity contribution in [1.29, 1.82) is 0 Å². The van der Waals surface area contributed by atoms with Crippen LogP contribution < -0.4 is 10.6 Å². The number of carboxylic acid groups (broad SMARTS) is 1. The lowest BCUT2D eigenvalue weighted by Gasteiger charge is -2.49. The number of aliphatic carboxylic acids is 1. The number of fused-ring (bicyclic) bond motifs is 5. The normalized spacial score (nSPS) is 34.1. The van der Waals surface area contributed by atoms with E-state index in [0.29, 0.717) is 49.8 Å². The number of amides is 2. The number of carboxylic acids is 1. The fraction of sp³-hybridized carbons (Fsp3) is 0.576. The summed E-state index contributed by atoms with van der Waals surface area (Å²) in [6, 6.07) is 5.30. The van der Waals surface area contributed by atoms with Gasteiger partial charge in [0.2, 0.25) is 11.8 Å². The van der Waals surface area contributed by atoms with Crippen LogP contribution in [0.4, 0.5) is 10.1 Å². The summed E-state index contributed by atoms with van der Waals surface area (Å²) in [4.78, 5) is 48.0. The Hall–Kier alpha value is -2.75. The zero-order valence-corrected chi connectivity index (χ0v) is 26.2. The second-order valence-electron chi connectivity index (χ2n) is 13.7. The van der Waals surface area contributed by atoms with Crippen LogP contribution in [-0.2, 0) is 19.8 Å². The number of benzene rings is 1. The van der Waals surface area contributed by atoms with Gasteiger partial charge in [0.1, 0.15) is 16.4 Å². The molecule has 2 bridgehead atoms. The highest BCUT2D eigenvalue weighted by Gasteiger charge is 2.75. The first-order valence-electron chi connectivity index (χ1n) is 15.7. The van der Waals surface area contributed by atoms with Crippen LogP contribution in [0.1, 0.15) is 87.7 Å². The summed E-state index contributed by atoms with van der Waals surface area (Å²) >= 11 is 12.7. The third kappa shape index (κ3) is 4.04. The number of carbonyl (C=O) groups is 3. The molecule has 11 heteroatoms. The number of likely N-dealkylation sites (tertiary alicyclic amines) is 1. The van der Waals surface area contributed by atoms with Gasteiger partial charge in [0.25, 0.3) is 0 Å². The van der Waals surface area contributed by atoms with Crippen LogP contribution in [0.2, 0.25) is 10.2 Å². The third-order valence-electron chi connectivity index (χ3n) is 11.9. The Morgan fingerprint density at radius 1 is 1.11 bits per heavy atom. The fourth-order valence-corrected chi connectivity index (χ4v) is 10.4. The molecule has 1 aromatic heterocycles. The third-order valence-corrected chi connectivity index (χ3v) is 12.4. The molecule has 2 amide bonds. The summed E-state index contributed by atoms with van der Waals surface area (Å²) in [6.07, 6.45) is 9.56. The molecule has 2 aromatic rings. The van der Waals surface area contributed by atoms with Gasteiger partial charge >= 0.3 is 5.97 Å². The molecule has 44 heavy (non-hydrogen) atoms. The van der Waals surface area contributed by atoms with Gasteiger partial charge in [-0.2, -0.15) is 0 Å². The number of carbonyl (C=O) groups excluding carboxylic acids is 2. The van der Waals surface area contributed by atoms with Crippen molar-refractivity contribution in [3.05, 3.63) is 57.6 Å². The lowest BCUT2D eigenvalue weighted by molar-refractivity contribution is -0.155. The Morgan fingerprint density at radius 3 is 2.64 bits per heavy atom. The van der Waals surface area contributed by atoms with Crippen molar-refractivity contribution >= 4 is 46.7 Å². The quantitative estimate of drug-likeness (QED) is 0.350. The summed E-state index contributed by atoms with van der Waals surface area (Å²) < 4.78 is 16.2. The van der Waals surface area contributed by atoms with Crippen molar-refractivity contribution in [1.82, 2.24) is 15.2 Å². The standard InChI is InChI=1S/C33H37Cl2FN4O4/c1-40-27(28(41)38-22-10-14-31(30(43)44)11-6-7-18(22)16-31)25(19-8-5-9-21(34)26(19)36)33(32(40)12-3-2-4-13-32)20-17-37-24(35)15-23(20)39-29(33)42/h5,8-9,15,17-18,22,25,27H,2-4,6-7,10-14,16H2,1H3,(H,38,41)(H,39,42)(H,43,44)/t18?,22?,25-,27+,31?,33+/m0/s1. The smallest absolute Gasteiger partial charge is 0.309 e. The van der Waals surface area contributed by atoms with E-state index < -0.39 is 40.1 Å². The predicted molar refractivity (Wildman–Crippen MR) is 164 cm³/mol. The topological polar surface area (TPSA) is 112 Å². The molecule has 1 saturated heterocycles. The minimum absolute atomic E-state index is 0.0464. The molecule has 4 fully saturated rings. The lowest BCUT2D eigenvalue weighted by Crippen LogP contribution is -2.61. The van der Waals surface area contributed by atoms with Crippen LogP contribution in [0.5, 0.6) is 0 Å². The fourth-order valence-electron chi connectivity index (χ4n) is 10.0. The first-order valence-corrected chi connectivity index (χ1v) is 16.5. The Bertz CT molecular complexity index is 1550. The van der Waals surface area contributed by atoms with Crippen molar-refractivity contribution in [2.45, 2.75) is 99.6 Å². The first kappa shape index (κ1) is 29.9. The molecule has 3 aliphatic carbocycles. The van der Waals surface area contributed by atoms with Crippen molar-refractivity contribution in [2.75, 3.05) is 12.4 Å². The minimum atomic E-state index is -1.33. The van der Waals surface area contributed by atoms with E-state index in [1.807, 2.05) is 11.9 Å². The average molecular weight is 644 g/mol. The summed E-state index contributed by atoms with van der Waals surface area (Å²) in [5, 5.41) is 16.5. The number of likely N-dealkylation sites (N-methyl/N-ethyl adjacent to an activating group) is 1. The Labute approximate surface area is 266 Å². The van der Waals surface area contributed by atoms with E-state index in [0.717, 1.165) is 32.1 Å². The SMILES string of the molecule is CN1[C@@H](C(=O)NC2CCC3(C(=O)O)CCCC2C3)[C@H](c2cccc(Cl)c2F)[C@]2(C(=O)Nc3cc(Cl)ncc32)C12CCCCC2. The molecule has 8 nitrogen and oxygen atoms in total. The largest absolute Gasteiger partial charge is 0.481 e. The molecule has 3 unspecified atom stereocenters. The Balaban J connectivity index is 1.37. The Morgan fingerprint density at radius 2 is 1.89 bits per heavy atom. The number of anilines is 1. The second kappa shape index (κ2) is 10.7. The van der Waals surface area contributed by atoms with E-state index in [4.69, 9.17) is 23.2 Å². The molecule has 2 spiro atoms. The van der Waals surface area contributed by atoms with Gasteiger partial charge in [-0.05, 0) is 75.6 Å². The van der Waals surface area contributed by atoms with Crippen LogP contribution in [0.25, 0.3) is 0 Å². The van der Waals surface area contributed by atoms with E-state index in [-0.39, 0.29) is 39.5 Å². The highest BCUT2D eigenvalue weighted by atomic mass is 35.5. The zero-order chi connectivity index (χ0) is 31.0. The number of halogens is 3. The van der Waals surface area contributed by atoms with Gasteiger partial charge in [0.05, 0.1) is 16.5 Å². The monoisotopic (exact) mass is 642 g/mol. The van der Waals surface area contributed by atoms with Crippen molar-refractivity contribution in [2.24, 2.45) is 11.3 Å². The van der Waals surface area contributed by atoms with E-state index in [9.17, 15) is 19.5 Å². The van der Waals surface area contributed by atoms with Crippen molar-refractivity contribution < 1.29 is 23.9 Å². The molecule has 234 valence electrons. The maximum atomic E-state index is 16.2. The van der Waals surface area contributed by atoms with Crippen LogP contribution in [0.15, 0.2) is 30.5 Å². The van der Waals surface area contributed by atoms with Crippen molar-refractivity contribution in [3.63, 3.8) is 0 Å². The number of hydrogen-bond acceptors (Lipinski definition) is 5. The molecule has 3 N–H and O–H groups in total. The predicted octanol–water partition coefficient (Wildman–Crippen LogP) is 6.06. The summed E-state index contributed by atoms with van der Waals surface area (Å²) in [5.41, 5.74) is -1.49. The van der Waals surface area contributed by atoms with Gasteiger partial charge in [-0.15, -0.1) is 0 Å². The molecule has 3 heterocycles. The van der Waals surface area contributed by atoms with Gasteiger partial charge in [0.15, 0.2) is 0 Å². The summed E-state index contributed by atoms with van der Waals surface area (Å²) in [5.74, 6) is -2.83. The number of aromatic nitrogens is 1. The summed E-state index contributed by atoms with van der Waals surface area (Å²) in [6.45, 7) is 0.